The molecular formula is C14H19N3O4S. The Bertz CT molecular complexity index is 679. The van der Waals surface area contributed by atoms with Crippen molar-refractivity contribution in [2.45, 2.75) is 43.0 Å². The van der Waals surface area contributed by atoms with E-state index in [1.54, 1.807) is 0 Å². The van der Waals surface area contributed by atoms with Crippen LogP contribution in [-0.2, 0) is 10.0 Å². The molecule has 0 aromatic heterocycles. The van der Waals surface area contributed by atoms with Crippen LogP contribution >= 0.6 is 0 Å². The molecule has 1 aliphatic heterocycles. The van der Waals surface area contributed by atoms with Crippen LogP contribution in [0, 0.1) is 10.1 Å². The Balaban J connectivity index is 1.92. The van der Waals surface area contributed by atoms with Gasteiger partial charge in [0.15, 0.2) is 0 Å². The van der Waals surface area contributed by atoms with Gasteiger partial charge in [0, 0.05) is 25.2 Å². The number of rotatable bonds is 5. The quantitative estimate of drug-likeness (QED) is 0.662. The molecule has 0 atom stereocenters. The second kappa shape index (κ2) is 5.85. The van der Waals surface area contributed by atoms with E-state index in [0.717, 1.165) is 32.1 Å². The summed E-state index contributed by atoms with van der Waals surface area (Å²) in [5.74, 6) is 0. The molecule has 1 aromatic carbocycles. The van der Waals surface area contributed by atoms with Crippen molar-refractivity contribution in [2.24, 2.45) is 0 Å². The predicted molar refractivity (Wildman–Crippen MR) is 82.4 cm³/mol. The van der Waals surface area contributed by atoms with Gasteiger partial charge in [-0.2, -0.15) is 4.31 Å². The Kier molecular flexibility index (Phi) is 4.05. The van der Waals surface area contributed by atoms with Crippen LogP contribution in [0.3, 0.4) is 0 Å². The minimum Gasteiger partial charge on any atom is -0.377 e. The van der Waals surface area contributed by atoms with Gasteiger partial charge >= 0.3 is 0 Å². The number of sulfonamides is 1. The first-order valence-electron chi connectivity index (χ1n) is 7.53. The molecule has 0 spiro atoms. The van der Waals surface area contributed by atoms with Crippen molar-refractivity contribution in [3.63, 3.8) is 0 Å². The molecule has 1 saturated heterocycles. The van der Waals surface area contributed by atoms with E-state index in [1.165, 1.54) is 22.5 Å². The van der Waals surface area contributed by atoms with Crippen LogP contribution in [0.4, 0.5) is 11.4 Å². The highest BCUT2D eigenvalue weighted by molar-refractivity contribution is 7.89. The summed E-state index contributed by atoms with van der Waals surface area (Å²) < 4.78 is 26.6. The summed E-state index contributed by atoms with van der Waals surface area (Å²) >= 11 is 0. The standard InChI is InChI=1S/C14H19N3O4S/c18-17(19)14-10-12(6-7-13(14)15-11-4-5-11)22(20,21)16-8-2-1-3-9-16/h6-7,10-11,15H,1-5,8-9H2. The Morgan fingerprint density at radius 2 is 1.86 bits per heavy atom. The molecule has 22 heavy (non-hydrogen) atoms. The third kappa shape index (κ3) is 3.07. The first-order chi connectivity index (χ1) is 10.5. The first-order valence-corrected chi connectivity index (χ1v) is 8.97. The number of hydrogen-bond donors (Lipinski definition) is 1. The van der Waals surface area contributed by atoms with Gasteiger partial charge in [-0.15, -0.1) is 0 Å². The van der Waals surface area contributed by atoms with E-state index in [4.69, 9.17) is 0 Å². The molecule has 2 fully saturated rings. The molecule has 1 aromatic rings. The van der Waals surface area contributed by atoms with Gasteiger partial charge in [0.2, 0.25) is 10.0 Å². The second-order valence-corrected chi connectivity index (χ2v) is 7.76. The fraction of sp³-hybridized carbons (Fsp3) is 0.571. The van der Waals surface area contributed by atoms with Crippen LogP contribution in [0.15, 0.2) is 23.1 Å². The molecule has 7 nitrogen and oxygen atoms in total. The lowest BCUT2D eigenvalue weighted by molar-refractivity contribution is -0.384. The lowest BCUT2D eigenvalue weighted by atomic mass is 10.2. The summed E-state index contributed by atoms with van der Waals surface area (Å²) in [5.41, 5.74) is 0.218. The third-order valence-electron chi connectivity index (χ3n) is 4.06. The topological polar surface area (TPSA) is 92.5 Å². The second-order valence-electron chi connectivity index (χ2n) is 5.82. The van der Waals surface area contributed by atoms with Crippen LogP contribution in [-0.4, -0.2) is 36.8 Å². The molecule has 0 radical (unpaired) electrons. The fourth-order valence-corrected chi connectivity index (χ4v) is 4.18. The summed E-state index contributed by atoms with van der Waals surface area (Å²) in [6.45, 7) is 0.969. The van der Waals surface area contributed by atoms with Crippen molar-refractivity contribution in [3.8, 4) is 0 Å². The van der Waals surface area contributed by atoms with Crippen LogP contribution in [0.2, 0.25) is 0 Å². The van der Waals surface area contributed by atoms with Gasteiger partial charge in [-0.25, -0.2) is 8.42 Å². The number of nitro groups is 1. The molecule has 1 saturated carbocycles. The number of anilines is 1. The Labute approximate surface area is 129 Å². The molecule has 2 aliphatic rings. The zero-order chi connectivity index (χ0) is 15.7. The number of nitro benzene ring substituents is 1. The smallest absolute Gasteiger partial charge is 0.293 e. The van der Waals surface area contributed by atoms with Crippen LogP contribution in [0.25, 0.3) is 0 Å². The van der Waals surface area contributed by atoms with E-state index in [9.17, 15) is 18.5 Å². The van der Waals surface area contributed by atoms with E-state index >= 15 is 0 Å². The van der Waals surface area contributed by atoms with E-state index in [-0.39, 0.29) is 16.6 Å². The van der Waals surface area contributed by atoms with Crippen molar-refractivity contribution in [1.29, 1.82) is 0 Å². The van der Waals surface area contributed by atoms with Crippen molar-refractivity contribution in [2.75, 3.05) is 18.4 Å². The molecule has 120 valence electrons. The first kappa shape index (κ1) is 15.2. The van der Waals surface area contributed by atoms with Gasteiger partial charge in [0.05, 0.1) is 9.82 Å². The van der Waals surface area contributed by atoms with Gasteiger partial charge in [0.1, 0.15) is 5.69 Å². The summed E-state index contributed by atoms with van der Waals surface area (Å²) in [6.07, 6.45) is 4.68. The summed E-state index contributed by atoms with van der Waals surface area (Å²) in [6, 6.07) is 4.41. The highest BCUT2D eigenvalue weighted by atomic mass is 32.2. The zero-order valence-electron chi connectivity index (χ0n) is 12.2. The maximum Gasteiger partial charge on any atom is 0.293 e. The van der Waals surface area contributed by atoms with E-state index in [2.05, 4.69) is 5.32 Å². The molecule has 8 heteroatoms. The monoisotopic (exact) mass is 325 g/mol. The molecule has 0 amide bonds. The zero-order valence-corrected chi connectivity index (χ0v) is 13.0. The van der Waals surface area contributed by atoms with E-state index in [1.807, 2.05) is 0 Å². The minimum absolute atomic E-state index is 0.00227. The summed E-state index contributed by atoms with van der Waals surface area (Å²) in [7, 11) is -3.65. The van der Waals surface area contributed by atoms with Crippen molar-refractivity contribution < 1.29 is 13.3 Å². The van der Waals surface area contributed by atoms with Crippen LogP contribution < -0.4 is 5.32 Å². The lowest BCUT2D eigenvalue weighted by Gasteiger charge is -2.25. The molecule has 1 N–H and O–H groups in total. The molecule has 1 aliphatic carbocycles. The average Bonchev–Trinajstić information content (AvgIpc) is 3.32. The molecular weight excluding hydrogens is 306 g/mol. The van der Waals surface area contributed by atoms with Gasteiger partial charge in [-0.3, -0.25) is 10.1 Å². The van der Waals surface area contributed by atoms with Crippen molar-refractivity contribution in [3.05, 3.63) is 28.3 Å². The maximum atomic E-state index is 12.6. The normalized spacial score (nSPS) is 19.8. The van der Waals surface area contributed by atoms with Gasteiger partial charge in [-0.05, 0) is 37.8 Å². The SMILES string of the molecule is O=[N+]([O-])c1cc(S(=O)(=O)N2CCCCC2)ccc1NC1CC1. The Hall–Kier alpha value is -1.67. The number of hydrogen-bond acceptors (Lipinski definition) is 5. The Morgan fingerprint density at radius 3 is 2.45 bits per heavy atom. The maximum absolute atomic E-state index is 12.6. The van der Waals surface area contributed by atoms with Crippen molar-refractivity contribution in [1.82, 2.24) is 4.31 Å². The molecule has 0 unspecified atom stereocenters. The van der Waals surface area contributed by atoms with Gasteiger partial charge in [0.25, 0.3) is 5.69 Å². The summed E-state index contributed by atoms with van der Waals surface area (Å²) in [4.78, 5) is 10.7. The van der Waals surface area contributed by atoms with Gasteiger partial charge in [-0.1, -0.05) is 6.42 Å². The van der Waals surface area contributed by atoms with Crippen LogP contribution in [0.5, 0.6) is 0 Å². The fourth-order valence-electron chi connectivity index (χ4n) is 2.65. The summed E-state index contributed by atoms with van der Waals surface area (Å²) in [5, 5.41) is 14.3. The third-order valence-corrected chi connectivity index (χ3v) is 5.95. The largest absolute Gasteiger partial charge is 0.377 e. The number of nitrogens with zero attached hydrogens (tertiary/aromatic N) is 2. The highest BCUT2D eigenvalue weighted by Gasteiger charge is 2.30. The minimum atomic E-state index is -3.65. The molecule has 1 heterocycles. The van der Waals surface area contributed by atoms with E-state index in [0.29, 0.717) is 18.8 Å². The lowest BCUT2D eigenvalue weighted by Crippen LogP contribution is -2.35. The molecule has 0 bridgehead atoms. The average molecular weight is 325 g/mol. The predicted octanol–water partition coefficient (Wildman–Crippen LogP) is 2.34. The number of benzene rings is 1. The Morgan fingerprint density at radius 1 is 1.18 bits per heavy atom. The number of nitrogens with one attached hydrogen (secondary N) is 1. The van der Waals surface area contributed by atoms with Crippen molar-refractivity contribution >= 4 is 21.4 Å². The highest BCUT2D eigenvalue weighted by Crippen LogP contribution is 2.33. The van der Waals surface area contributed by atoms with Gasteiger partial charge < -0.3 is 5.32 Å². The molecule has 3 rings (SSSR count). The number of piperidine rings is 1. The van der Waals surface area contributed by atoms with Crippen LogP contribution in [0.1, 0.15) is 32.1 Å². The van der Waals surface area contributed by atoms with E-state index < -0.39 is 14.9 Å².